The SMILES string of the molecule is CCC(C)(C)CC(C)(O)c1ccc(C)o1. The summed E-state index contributed by atoms with van der Waals surface area (Å²) in [7, 11) is 0. The normalized spacial score (nSPS) is 16.4. The molecule has 1 aromatic rings. The van der Waals surface area contributed by atoms with Gasteiger partial charge in [-0.25, -0.2) is 0 Å². The monoisotopic (exact) mass is 210 g/mol. The molecule has 86 valence electrons. The molecule has 1 heterocycles. The molecule has 1 N–H and O–H groups in total. The molecule has 0 bridgehead atoms. The topological polar surface area (TPSA) is 33.4 Å². The lowest BCUT2D eigenvalue weighted by atomic mass is 9.78. The van der Waals surface area contributed by atoms with Crippen LogP contribution in [0, 0.1) is 12.3 Å². The van der Waals surface area contributed by atoms with Gasteiger partial charge in [-0.1, -0.05) is 27.2 Å². The molecule has 15 heavy (non-hydrogen) atoms. The third-order valence-electron chi connectivity index (χ3n) is 3.05. The zero-order chi connectivity index (χ0) is 11.7. The van der Waals surface area contributed by atoms with Crippen LogP contribution in [0.15, 0.2) is 16.5 Å². The largest absolute Gasteiger partial charge is 0.463 e. The van der Waals surface area contributed by atoms with E-state index in [2.05, 4.69) is 20.8 Å². The van der Waals surface area contributed by atoms with Gasteiger partial charge in [0.25, 0.3) is 0 Å². The Morgan fingerprint density at radius 1 is 1.27 bits per heavy atom. The highest BCUT2D eigenvalue weighted by Crippen LogP contribution is 2.37. The maximum absolute atomic E-state index is 10.4. The molecule has 1 atom stereocenters. The molecule has 2 nitrogen and oxygen atoms in total. The summed E-state index contributed by atoms with van der Waals surface area (Å²) in [6.45, 7) is 10.2. The highest BCUT2D eigenvalue weighted by atomic mass is 16.4. The Morgan fingerprint density at radius 3 is 2.27 bits per heavy atom. The molecule has 0 saturated carbocycles. The second kappa shape index (κ2) is 4.01. The predicted octanol–water partition coefficient (Wildman–Crippen LogP) is 3.62. The smallest absolute Gasteiger partial charge is 0.135 e. The zero-order valence-corrected chi connectivity index (χ0v) is 10.4. The molecule has 2 heteroatoms. The van der Waals surface area contributed by atoms with E-state index in [1.54, 1.807) is 0 Å². The predicted molar refractivity (Wildman–Crippen MR) is 61.7 cm³/mol. The third-order valence-corrected chi connectivity index (χ3v) is 3.05. The Bertz CT molecular complexity index is 321. The quantitative estimate of drug-likeness (QED) is 0.823. The first-order valence-corrected chi connectivity index (χ1v) is 5.56. The van der Waals surface area contributed by atoms with Crippen LogP contribution < -0.4 is 0 Å². The first kappa shape index (κ1) is 12.3. The summed E-state index contributed by atoms with van der Waals surface area (Å²) < 4.78 is 5.49. The highest BCUT2D eigenvalue weighted by Gasteiger charge is 2.33. The average molecular weight is 210 g/mol. The van der Waals surface area contributed by atoms with Crippen LogP contribution in [0.3, 0.4) is 0 Å². The van der Waals surface area contributed by atoms with Crippen molar-refractivity contribution in [2.75, 3.05) is 0 Å². The van der Waals surface area contributed by atoms with Gasteiger partial charge in [-0.2, -0.15) is 0 Å². The van der Waals surface area contributed by atoms with E-state index in [9.17, 15) is 5.11 Å². The Kier molecular flexibility index (Phi) is 3.29. The Morgan fingerprint density at radius 2 is 1.87 bits per heavy atom. The Hall–Kier alpha value is -0.760. The van der Waals surface area contributed by atoms with Crippen molar-refractivity contribution in [3.63, 3.8) is 0 Å². The number of hydrogen-bond donors (Lipinski definition) is 1. The van der Waals surface area contributed by atoms with E-state index >= 15 is 0 Å². The summed E-state index contributed by atoms with van der Waals surface area (Å²) in [4.78, 5) is 0. The molecule has 0 saturated heterocycles. The van der Waals surface area contributed by atoms with Crippen molar-refractivity contribution in [1.29, 1.82) is 0 Å². The van der Waals surface area contributed by atoms with Crippen molar-refractivity contribution in [3.05, 3.63) is 23.7 Å². The van der Waals surface area contributed by atoms with E-state index in [0.717, 1.165) is 12.2 Å². The lowest BCUT2D eigenvalue weighted by Crippen LogP contribution is -2.28. The summed E-state index contributed by atoms with van der Waals surface area (Å²) >= 11 is 0. The minimum Gasteiger partial charge on any atom is -0.463 e. The van der Waals surface area contributed by atoms with Gasteiger partial charge in [-0.15, -0.1) is 0 Å². The van der Waals surface area contributed by atoms with Crippen molar-refractivity contribution < 1.29 is 9.52 Å². The van der Waals surface area contributed by atoms with Crippen molar-refractivity contribution in [3.8, 4) is 0 Å². The minimum atomic E-state index is -0.867. The van der Waals surface area contributed by atoms with Crippen molar-refractivity contribution >= 4 is 0 Å². The van der Waals surface area contributed by atoms with Gasteiger partial charge >= 0.3 is 0 Å². The van der Waals surface area contributed by atoms with E-state index in [0.29, 0.717) is 12.2 Å². The fourth-order valence-corrected chi connectivity index (χ4v) is 1.87. The number of rotatable bonds is 4. The van der Waals surface area contributed by atoms with Crippen LogP contribution in [0.2, 0.25) is 0 Å². The summed E-state index contributed by atoms with van der Waals surface area (Å²) in [6.07, 6.45) is 1.76. The molecule has 0 amide bonds. The van der Waals surface area contributed by atoms with E-state index in [-0.39, 0.29) is 5.41 Å². The molecule has 0 aliphatic heterocycles. The van der Waals surface area contributed by atoms with E-state index in [4.69, 9.17) is 4.42 Å². The van der Waals surface area contributed by atoms with E-state index in [1.165, 1.54) is 0 Å². The fourth-order valence-electron chi connectivity index (χ4n) is 1.87. The number of hydrogen-bond acceptors (Lipinski definition) is 2. The molecule has 0 aliphatic carbocycles. The van der Waals surface area contributed by atoms with Crippen LogP contribution in [-0.2, 0) is 5.60 Å². The Labute approximate surface area is 92.3 Å². The van der Waals surface area contributed by atoms with E-state index < -0.39 is 5.60 Å². The second-order valence-electron chi connectivity index (χ2n) is 5.38. The first-order valence-electron chi connectivity index (χ1n) is 5.56. The van der Waals surface area contributed by atoms with Crippen LogP contribution in [0.5, 0.6) is 0 Å². The molecular formula is C13H22O2. The summed E-state index contributed by atoms with van der Waals surface area (Å²) in [5, 5.41) is 10.4. The number of aliphatic hydroxyl groups is 1. The highest BCUT2D eigenvalue weighted by molar-refractivity contribution is 5.12. The maximum Gasteiger partial charge on any atom is 0.135 e. The minimum absolute atomic E-state index is 0.129. The van der Waals surface area contributed by atoms with Gasteiger partial charge in [0.15, 0.2) is 0 Å². The Balaban J connectivity index is 2.84. The van der Waals surface area contributed by atoms with Gasteiger partial charge in [0.1, 0.15) is 17.1 Å². The third kappa shape index (κ3) is 3.10. The molecule has 1 rings (SSSR count). The molecule has 1 unspecified atom stereocenters. The van der Waals surface area contributed by atoms with Crippen LogP contribution in [0.25, 0.3) is 0 Å². The van der Waals surface area contributed by atoms with Crippen molar-refractivity contribution in [1.82, 2.24) is 0 Å². The van der Waals surface area contributed by atoms with Gasteiger partial charge in [0, 0.05) is 0 Å². The lowest BCUT2D eigenvalue weighted by molar-refractivity contribution is -0.00975. The lowest BCUT2D eigenvalue weighted by Gasteiger charge is -2.31. The van der Waals surface area contributed by atoms with Crippen molar-refractivity contribution in [2.45, 2.75) is 53.1 Å². The van der Waals surface area contributed by atoms with Gasteiger partial charge in [-0.05, 0) is 37.8 Å². The molecule has 0 spiro atoms. The number of aryl methyl sites for hydroxylation is 1. The van der Waals surface area contributed by atoms with Crippen LogP contribution >= 0.6 is 0 Å². The molecule has 1 aromatic heterocycles. The molecule has 0 fully saturated rings. The second-order valence-corrected chi connectivity index (χ2v) is 5.38. The average Bonchev–Trinajstić information content (AvgIpc) is 2.51. The van der Waals surface area contributed by atoms with Gasteiger partial charge in [0.05, 0.1) is 0 Å². The maximum atomic E-state index is 10.4. The van der Waals surface area contributed by atoms with E-state index in [1.807, 2.05) is 26.0 Å². The zero-order valence-electron chi connectivity index (χ0n) is 10.4. The molecule has 0 radical (unpaired) electrons. The van der Waals surface area contributed by atoms with Gasteiger partial charge in [0.2, 0.25) is 0 Å². The molecular weight excluding hydrogens is 188 g/mol. The van der Waals surface area contributed by atoms with Crippen LogP contribution in [0.4, 0.5) is 0 Å². The molecule has 0 aromatic carbocycles. The van der Waals surface area contributed by atoms with Gasteiger partial charge < -0.3 is 9.52 Å². The standard InChI is InChI=1S/C13H22O2/c1-6-12(3,4)9-13(5,14)11-8-7-10(2)15-11/h7-8,14H,6,9H2,1-5H3. The molecule has 0 aliphatic rings. The van der Waals surface area contributed by atoms with Crippen molar-refractivity contribution in [2.24, 2.45) is 5.41 Å². The van der Waals surface area contributed by atoms with Crippen LogP contribution in [0.1, 0.15) is 52.1 Å². The number of furan rings is 1. The first-order chi connectivity index (χ1) is 6.77. The summed E-state index contributed by atoms with van der Waals surface area (Å²) in [5.74, 6) is 1.51. The van der Waals surface area contributed by atoms with Gasteiger partial charge in [-0.3, -0.25) is 0 Å². The fraction of sp³-hybridized carbons (Fsp3) is 0.692. The van der Waals surface area contributed by atoms with Crippen LogP contribution in [-0.4, -0.2) is 5.11 Å². The summed E-state index contributed by atoms with van der Waals surface area (Å²) in [5.41, 5.74) is -0.738. The summed E-state index contributed by atoms with van der Waals surface area (Å²) in [6, 6.07) is 3.75.